The minimum atomic E-state index is -0.218. The van der Waals surface area contributed by atoms with Crippen LogP contribution >= 0.6 is 0 Å². The zero-order valence-electron chi connectivity index (χ0n) is 14.6. The minimum Gasteiger partial charge on any atom is -0.367 e. The maximum atomic E-state index is 13.8. The zero-order valence-corrected chi connectivity index (χ0v) is 14.6. The van der Waals surface area contributed by atoms with Crippen LogP contribution in [0.25, 0.3) is 22.0 Å². The van der Waals surface area contributed by atoms with Gasteiger partial charge < -0.3 is 5.32 Å². The molecule has 0 unspecified atom stereocenters. The Hall–Kier alpha value is -2.42. The number of rotatable bonds is 3. The fraction of sp³-hybridized carbons (Fsp3) is 0.318. The molecule has 3 aromatic rings. The first kappa shape index (κ1) is 16.1. The maximum absolute atomic E-state index is 13.8. The van der Waals surface area contributed by atoms with Crippen LogP contribution in [-0.2, 0) is 0 Å². The Morgan fingerprint density at radius 2 is 1.72 bits per heavy atom. The van der Waals surface area contributed by atoms with Crippen molar-refractivity contribution < 1.29 is 4.39 Å². The number of aromatic nitrogens is 1. The number of nitrogens with zero attached hydrogens (tertiary/aromatic N) is 1. The van der Waals surface area contributed by atoms with Gasteiger partial charge in [0.15, 0.2) is 0 Å². The van der Waals surface area contributed by atoms with E-state index in [9.17, 15) is 4.39 Å². The SMILES string of the molecule is Cc1ccc(-c2cc3ccc(F)cc3c(NC3CCCCC3)n2)cc1. The number of pyridine rings is 1. The van der Waals surface area contributed by atoms with Crippen LogP contribution in [0.3, 0.4) is 0 Å². The van der Waals surface area contributed by atoms with Crippen LogP contribution in [0.1, 0.15) is 37.7 Å². The molecule has 1 saturated carbocycles. The molecule has 1 aliphatic carbocycles. The van der Waals surface area contributed by atoms with E-state index >= 15 is 0 Å². The molecule has 1 N–H and O–H groups in total. The smallest absolute Gasteiger partial charge is 0.134 e. The van der Waals surface area contributed by atoms with Crippen molar-refractivity contribution in [2.75, 3.05) is 5.32 Å². The van der Waals surface area contributed by atoms with Gasteiger partial charge >= 0.3 is 0 Å². The van der Waals surface area contributed by atoms with Gasteiger partial charge in [0.05, 0.1) is 5.69 Å². The summed E-state index contributed by atoms with van der Waals surface area (Å²) >= 11 is 0. The Morgan fingerprint density at radius 1 is 0.960 bits per heavy atom. The highest BCUT2D eigenvalue weighted by Gasteiger charge is 2.16. The van der Waals surface area contributed by atoms with Gasteiger partial charge in [0.2, 0.25) is 0 Å². The molecule has 0 atom stereocenters. The quantitative estimate of drug-likeness (QED) is 0.626. The summed E-state index contributed by atoms with van der Waals surface area (Å²) in [5, 5.41) is 5.48. The molecule has 128 valence electrons. The summed E-state index contributed by atoms with van der Waals surface area (Å²) in [5.74, 6) is 0.587. The second kappa shape index (κ2) is 6.83. The van der Waals surface area contributed by atoms with Crippen LogP contribution < -0.4 is 5.32 Å². The number of anilines is 1. The maximum Gasteiger partial charge on any atom is 0.134 e. The molecule has 0 bridgehead atoms. The van der Waals surface area contributed by atoms with Gasteiger partial charge in [-0.15, -0.1) is 0 Å². The van der Waals surface area contributed by atoms with Crippen molar-refractivity contribution in [1.29, 1.82) is 0 Å². The van der Waals surface area contributed by atoms with Crippen LogP contribution in [0, 0.1) is 12.7 Å². The molecule has 0 radical (unpaired) electrons. The van der Waals surface area contributed by atoms with Gasteiger partial charge in [-0.2, -0.15) is 0 Å². The molecule has 3 heteroatoms. The minimum absolute atomic E-state index is 0.218. The normalized spacial score (nSPS) is 15.4. The molecule has 2 aromatic carbocycles. The van der Waals surface area contributed by atoms with E-state index in [1.807, 2.05) is 12.1 Å². The van der Waals surface area contributed by atoms with E-state index in [0.717, 1.165) is 40.7 Å². The Labute approximate surface area is 148 Å². The summed E-state index contributed by atoms with van der Waals surface area (Å²) < 4.78 is 13.8. The van der Waals surface area contributed by atoms with Crippen LogP contribution in [0.15, 0.2) is 48.5 Å². The lowest BCUT2D eigenvalue weighted by Crippen LogP contribution is -2.23. The molecule has 1 aromatic heterocycles. The van der Waals surface area contributed by atoms with Gasteiger partial charge in [-0.1, -0.05) is 55.2 Å². The van der Waals surface area contributed by atoms with Crippen molar-refractivity contribution in [2.24, 2.45) is 0 Å². The number of halogens is 1. The number of hydrogen-bond donors (Lipinski definition) is 1. The largest absolute Gasteiger partial charge is 0.367 e. The fourth-order valence-electron chi connectivity index (χ4n) is 3.64. The van der Waals surface area contributed by atoms with Gasteiger partial charge in [-0.05, 0) is 43.4 Å². The lowest BCUT2D eigenvalue weighted by molar-refractivity contribution is 0.462. The third kappa shape index (κ3) is 3.51. The lowest BCUT2D eigenvalue weighted by atomic mass is 9.95. The van der Waals surface area contributed by atoms with Crippen LogP contribution in [0.4, 0.5) is 10.2 Å². The lowest BCUT2D eigenvalue weighted by Gasteiger charge is -2.24. The number of fused-ring (bicyclic) bond motifs is 1. The van der Waals surface area contributed by atoms with Gasteiger partial charge in [0, 0.05) is 17.0 Å². The summed E-state index contributed by atoms with van der Waals surface area (Å²) in [4.78, 5) is 4.86. The first-order valence-electron chi connectivity index (χ1n) is 9.13. The van der Waals surface area contributed by atoms with E-state index in [-0.39, 0.29) is 5.82 Å². The van der Waals surface area contributed by atoms with E-state index in [2.05, 4.69) is 36.5 Å². The van der Waals surface area contributed by atoms with Crippen LogP contribution in [0.5, 0.6) is 0 Å². The van der Waals surface area contributed by atoms with Crippen molar-refractivity contribution in [1.82, 2.24) is 4.98 Å². The summed E-state index contributed by atoms with van der Waals surface area (Å²) in [5.41, 5.74) is 3.24. The standard InChI is InChI=1S/C22H23FN2/c1-15-7-9-16(10-8-15)21-13-17-11-12-18(23)14-20(17)22(25-21)24-19-5-3-2-4-6-19/h7-14,19H,2-6H2,1H3,(H,24,25). The first-order valence-corrected chi connectivity index (χ1v) is 9.13. The average Bonchev–Trinajstić information content (AvgIpc) is 2.63. The molecule has 1 fully saturated rings. The van der Waals surface area contributed by atoms with E-state index in [4.69, 9.17) is 4.98 Å². The molecular formula is C22H23FN2. The zero-order chi connectivity index (χ0) is 17.2. The molecule has 1 aliphatic rings. The number of hydrogen-bond acceptors (Lipinski definition) is 2. The molecular weight excluding hydrogens is 311 g/mol. The third-order valence-corrected chi connectivity index (χ3v) is 5.09. The Kier molecular flexibility index (Phi) is 4.39. The molecule has 25 heavy (non-hydrogen) atoms. The summed E-state index contributed by atoms with van der Waals surface area (Å²) in [6.07, 6.45) is 6.13. The second-order valence-corrected chi connectivity index (χ2v) is 7.07. The highest BCUT2D eigenvalue weighted by molar-refractivity contribution is 5.94. The Morgan fingerprint density at radius 3 is 2.48 bits per heavy atom. The van der Waals surface area contributed by atoms with Crippen molar-refractivity contribution in [3.8, 4) is 11.3 Å². The van der Waals surface area contributed by atoms with E-state index < -0.39 is 0 Å². The summed E-state index contributed by atoms with van der Waals surface area (Å²) in [6, 6.07) is 15.8. The van der Waals surface area contributed by atoms with Crippen molar-refractivity contribution in [3.05, 3.63) is 59.9 Å². The first-order chi connectivity index (χ1) is 12.2. The number of aryl methyl sites for hydroxylation is 1. The highest BCUT2D eigenvalue weighted by Crippen LogP contribution is 2.30. The van der Waals surface area contributed by atoms with Gasteiger partial charge in [0.1, 0.15) is 11.6 Å². The summed E-state index contributed by atoms with van der Waals surface area (Å²) in [7, 11) is 0. The number of benzene rings is 2. The van der Waals surface area contributed by atoms with Crippen molar-refractivity contribution in [2.45, 2.75) is 45.1 Å². The number of nitrogens with one attached hydrogen (secondary N) is 1. The third-order valence-electron chi connectivity index (χ3n) is 5.09. The molecule has 2 nitrogen and oxygen atoms in total. The summed E-state index contributed by atoms with van der Waals surface area (Å²) in [6.45, 7) is 2.08. The Bertz CT molecular complexity index is 880. The van der Waals surface area contributed by atoms with E-state index in [0.29, 0.717) is 6.04 Å². The predicted octanol–water partition coefficient (Wildman–Crippen LogP) is 6.09. The van der Waals surface area contributed by atoms with Crippen LogP contribution in [-0.4, -0.2) is 11.0 Å². The molecule has 0 spiro atoms. The van der Waals surface area contributed by atoms with Gasteiger partial charge in [-0.3, -0.25) is 0 Å². The monoisotopic (exact) mass is 334 g/mol. The predicted molar refractivity (Wildman–Crippen MR) is 102 cm³/mol. The highest BCUT2D eigenvalue weighted by atomic mass is 19.1. The topological polar surface area (TPSA) is 24.9 Å². The van der Waals surface area contributed by atoms with Gasteiger partial charge in [0.25, 0.3) is 0 Å². The van der Waals surface area contributed by atoms with E-state index in [1.165, 1.54) is 30.9 Å². The molecule has 0 amide bonds. The Balaban J connectivity index is 1.79. The van der Waals surface area contributed by atoms with Crippen molar-refractivity contribution >= 4 is 16.6 Å². The van der Waals surface area contributed by atoms with E-state index in [1.54, 1.807) is 6.07 Å². The second-order valence-electron chi connectivity index (χ2n) is 7.07. The molecule has 0 saturated heterocycles. The average molecular weight is 334 g/mol. The molecule has 1 heterocycles. The van der Waals surface area contributed by atoms with Gasteiger partial charge in [-0.25, -0.2) is 9.37 Å². The molecule has 0 aliphatic heterocycles. The fourth-order valence-corrected chi connectivity index (χ4v) is 3.64. The van der Waals surface area contributed by atoms with Crippen LogP contribution in [0.2, 0.25) is 0 Å². The molecule has 4 rings (SSSR count). The van der Waals surface area contributed by atoms with Crippen molar-refractivity contribution in [3.63, 3.8) is 0 Å².